The molecule has 1 amide bonds. The van der Waals surface area contributed by atoms with E-state index in [1.165, 1.54) is 11.0 Å². The summed E-state index contributed by atoms with van der Waals surface area (Å²) in [5.41, 5.74) is 3.68. The Balaban J connectivity index is 1.65. The van der Waals surface area contributed by atoms with Crippen LogP contribution >= 0.6 is 0 Å². The van der Waals surface area contributed by atoms with Crippen molar-refractivity contribution in [3.05, 3.63) is 71.5 Å². The van der Waals surface area contributed by atoms with Gasteiger partial charge >= 0.3 is 5.97 Å². The fourth-order valence-electron chi connectivity index (χ4n) is 3.04. The van der Waals surface area contributed by atoms with E-state index >= 15 is 0 Å². The van der Waals surface area contributed by atoms with Gasteiger partial charge in [0.1, 0.15) is 6.33 Å². The Labute approximate surface area is 168 Å². The van der Waals surface area contributed by atoms with Crippen LogP contribution in [0.1, 0.15) is 29.7 Å². The Bertz CT molecular complexity index is 958. The van der Waals surface area contributed by atoms with Gasteiger partial charge in [0.05, 0.1) is 0 Å². The van der Waals surface area contributed by atoms with Crippen LogP contribution in [-0.4, -0.2) is 38.7 Å². The van der Waals surface area contributed by atoms with Crippen molar-refractivity contribution in [3.8, 4) is 0 Å². The van der Waals surface area contributed by atoms with E-state index in [9.17, 15) is 9.59 Å². The summed E-state index contributed by atoms with van der Waals surface area (Å²) in [7, 11) is 0. The number of nitrogens with one attached hydrogen (secondary N) is 1. The highest BCUT2D eigenvalue weighted by molar-refractivity contribution is 5.94. The van der Waals surface area contributed by atoms with Gasteiger partial charge in [0.25, 0.3) is 5.91 Å². The summed E-state index contributed by atoms with van der Waals surface area (Å²) >= 11 is 0. The van der Waals surface area contributed by atoms with Gasteiger partial charge < -0.3 is 10.1 Å². The first-order chi connectivity index (χ1) is 14.1. The molecule has 0 aliphatic carbocycles. The van der Waals surface area contributed by atoms with Crippen LogP contribution in [0.4, 0.5) is 5.69 Å². The number of amides is 1. The summed E-state index contributed by atoms with van der Waals surface area (Å²) < 4.78 is 6.62. The predicted octanol–water partition coefficient (Wildman–Crippen LogP) is 2.51. The lowest BCUT2D eigenvalue weighted by Crippen LogP contribution is -2.28. The third-order valence-electron chi connectivity index (χ3n) is 4.58. The quantitative estimate of drug-likeness (QED) is 0.591. The molecule has 2 aromatic carbocycles. The van der Waals surface area contributed by atoms with Crippen LogP contribution in [0.25, 0.3) is 0 Å². The van der Waals surface area contributed by atoms with Crippen LogP contribution in [0, 0.1) is 6.92 Å². The number of anilines is 1. The van der Waals surface area contributed by atoms with E-state index in [-0.39, 0.29) is 6.61 Å². The minimum atomic E-state index is -0.759. The molecule has 0 saturated heterocycles. The second kappa shape index (κ2) is 9.59. The topological polar surface area (TPSA) is 99.0 Å². The fraction of sp³-hybridized carbons (Fsp3) is 0.286. The van der Waals surface area contributed by atoms with Crippen LogP contribution in [0.5, 0.6) is 0 Å². The smallest absolute Gasteiger partial charge is 0.331 e. The molecule has 3 rings (SSSR count). The maximum Gasteiger partial charge on any atom is 0.331 e. The third-order valence-corrected chi connectivity index (χ3v) is 4.58. The summed E-state index contributed by atoms with van der Waals surface area (Å²) in [5, 5.41) is 13.8. The van der Waals surface area contributed by atoms with Crippen molar-refractivity contribution < 1.29 is 14.3 Å². The van der Waals surface area contributed by atoms with E-state index in [1.807, 2.05) is 62.4 Å². The monoisotopic (exact) mass is 393 g/mol. The molecule has 0 unspecified atom stereocenters. The van der Waals surface area contributed by atoms with Gasteiger partial charge in [-0.2, -0.15) is 0 Å². The van der Waals surface area contributed by atoms with E-state index in [1.54, 1.807) is 0 Å². The summed E-state index contributed by atoms with van der Waals surface area (Å²) in [4.78, 5) is 25.0. The van der Waals surface area contributed by atoms with Crippen molar-refractivity contribution >= 4 is 17.6 Å². The van der Waals surface area contributed by atoms with Gasteiger partial charge in [-0.25, -0.2) is 9.48 Å². The molecule has 3 aromatic rings. The van der Waals surface area contributed by atoms with Crippen LogP contribution in [0.2, 0.25) is 0 Å². The van der Waals surface area contributed by atoms with Crippen molar-refractivity contribution in [3.63, 3.8) is 0 Å². The van der Waals surface area contributed by atoms with Crippen LogP contribution in [-0.2, 0) is 27.2 Å². The maximum absolute atomic E-state index is 12.7. The molecular formula is C21H23N5O3. The molecule has 1 atom stereocenters. The largest absolute Gasteiger partial charge is 0.454 e. The van der Waals surface area contributed by atoms with E-state index in [4.69, 9.17) is 4.74 Å². The van der Waals surface area contributed by atoms with E-state index in [2.05, 4.69) is 20.8 Å². The molecule has 1 aromatic heterocycles. The zero-order valence-electron chi connectivity index (χ0n) is 16.4. The van der Waals surface area contributed by atoms with Gasteiger partial charge in [-0.3, -0.25) is 4.79 Å². The molecule has 0 spiro atoms. The van der Waals surface area contributed by atoms with Crippen molar-refractivity contribution in [1.82, 2.24) is 20.2 Å². The number of aromatic nitrogens is 4. The van der Waals surface area contributed by atoms with Crippen molar-refractivity contribution in [1.29, 1.82) is 0 Å². The normalized spacial score (nSPS) is 11.7. The molecule has 29 heavy (non-hydrogen) atoms. The number of ether oxygens (including phenoxy) is 1. The minimum absolute atomic E-state index is 0.351. The van der Waals surface area contributed by atoms with Gasteiger partial charge in [0, 0.05) is 12.1 Å². The molecule has 0 aliphatic rings. The van der Waals surface area contributed by atoms with Crippen LogP contribution < -0.4 is 5.32 Å². The number of nitrogens with zero attached hydrogens (tertiary/aromatic N) is 4. The Kier molecular flexibility index (Phi) is 6.67. The summed E-state index contributed by atoms with van der Waals surface area (Å²) in [5.74, 6) is -0.964. The molecule has 1 N–H and O–H groups in total. The van der Waals surface area contributed by atoms with E-state index in [0.29, 0.717) is 6.42 Å². The van der Waals surface area contributed by atoms with Crippen molar-refractivity contribution in [2.45, 2.75) is 32.7 Å². The summed E-state index contributed by atoms with van der Waals surface area (Å²) in [6, 6.07) is 14.6. The van der Waals surface area contributed by atoms with Crippen molar-refractivity contribution in [2.24, 2.45) is 0 Å². The lowest BCUT2D eigenvalue weighted by Gasteiger charge is -2.16. The highest BCUT2D eigenvalue weighted by Crippen LogP contribution is 2.21. The fourth-order valence-corrected chi connectivity index (χ4v) is 3.04. The summed E-state index contributed by atoms with van der Waals surface area (Å²) in [6.45, 7) is 3.56. The molecular weight excluding hydrogens is 370 g/mol. The number of hydrogen-bond donors (Lipinski definition) is 1. The number of rotatable bonds is 8. The predicted molar refractivity (Wildman–Crippen MR) is 107 cm³/mol. The molecule has 0 bridgehead atoms. The molecule has 8 nitrogen and oxygen atoms in total. The minimum Gasteiger partial charge on any atom is -0.454 e. The van der Waals surface area contributed by atoms with Gasteiger partial charge in [0.15, 0.2) is 12.6 Å². The number of para-hydroxylation sites is 1. The Morgan fingerprint density at radius 3 is 2.62 bits per heavy atom. The first kappa shape index (κ1) is 20.2. The first-order valence-electron chi connectivity index (χ1n) is 9.40. The molecule has 150 valence electrons. The number of hydrogen-bond acceptors (Lipinski definition) is 6. The Morgan fingerprint density at radius 1 is 1.14 bits per heavy atom. The van der Waals surface area contributed by atoms with E-state index in [0.717, 1.165) is 28.8 Å². The second-order valence-electron chi connectivity index (χ2n) is 6.61. The zero-order valence-corrected chi connectivity index (χ0v) is 16.4. The number of aryl methyl sites for hydroxylation is 2. The molecule has 0 aliphatic heterocycles. The van der Waals surface area contributed by atoms with Gasteiger partial charge in [0.2, 0.25) is 0 Å². The Morgan fingerprint density at radius 2 is 1.93 bits per heavy atom. The molecule has 0 radical (unpaired) electrons. The van der Waals surface area contributed by atoms with Crippen molar-refractivity contribution in [2.75, 3.05) is 11.9 Å². The highest BCUT2D eigenvalue weighted by Gasteiger charge is 2.25. The number of benzene rings is 2. The third kappa shape index (κ3) is 5.25. The molecule has 0 saturated carbocycles. The lowest BCUT2D eigenvalue weighted by molar-refractivity contribution is -0.151. The lowest BCUT2D eigenvalue weighted by atomic mass is 10.1. The average Bonchev–Trinajstić information content (AvgIpc) is 3.27. The highest BCUT2D eigenvalue weighted by atomic mass is 16.5. The molecule has 0 fully saturated rings. The number of esters is 1. The average molecular weight is 393 g/mol. The summed E-state index contributed by atoms with van der Waals surface area (Å²) in [6.07, 6.45) is 2.50. The standard InChI is InChI=1S/C21H23N5O3/c1-3-17-11-7-8-15(2)20(17)23-19(27)13-29-21(28)18(26-14-22-24-25-26)12-16-9-5-4-6-10-16/h4-11,14,18H,3,12-13H2,1-2H3,(H,23,27)/t18-/m1/s1. The van der Waals surface area contributed by atoms with Crippen LogP contribution in [0.15, 0.2) is 54.9 Å². The number of carbonyl (C=O) groups excluding carboxylic acids is 2. The van der Waals surface area contributed by atoms with Crippen LogP contribution in [0.3, 0.4) is 0 Å². The van der Waals surface area contributed by atoms with Gasteiger partial charge in [-0.1, -0.05) is 55.5 Å². The SMILES string of the molecule is CCc1cccc(C)c1NC(=O)COC(=O)[C@@H](Cc1ccccc1)n1cnnn1. The first-order valence-corrected chi connectivity index (χ1v) is 9.40. The van der Waals surface area contributed by atoms with Gasteiger partial charge in [-0.15, -0.1) is 5.10 Å². The zero-order chi connectivity index (χ0) is 20.6. The van der Waals surface area contributed by atoms with E-state index < -0.39 is 17.9 Å². The number of carbonyl (C=O) groups is 2. The number of tetrazole rings is 1. The second-order valence-corrected chi connectivity index (χ2v) is 6.61. The molecule has 1 heterocycles. The van der Waals surface area contributed by atoms with Gasteiger partial charge in [-0.05, 0) is 40.5 Å². The Hall–Kier alpha value is -3.55. The maximum atomic E-state index is 12.7. The molecule has 8 heteroatoms.